The molecule has 0 heterocycles. The molecule has 0 N–H and O–H groups in total. The highest BCUT2D eigenvalue weighted by molar-refractivity contribution is 9.10. The lowest BCUT2D eigenvalue weighted by atomic mass is 9.68. The van der Waals surface area contributed by atoms with Gasteiger partial charge in [-0.2, -0.15) is 6.57 Å². The summed E-state index contributed by atoms with van der Waals surface area (Å²) in [5.41, 5.74) is 4.32. The molecular weight excluding hydrogens is 374 g/mol. The molecule has 1 unspecified atom stereocenters. The fraction of sp³-hybridized carbons (Fsp3) is 0.263. The molecule has 5 heteroatoms. The van der Waals surface area contributed by atoms with E-state index in [4.69, 9.17) is 6.57 Å². The Kier molecular flexibility index (Phi) is 3.54. The standard InChI is InChI=1S/C19H13BrF2N2/c1-23-24-18-15-8-14(20)3-2-12(15)9-19(18)5-4-11-6-16(21)17(22)7-13(11)10-19/h2-3,6-8H,4-5,9-10H2/b24-18-. The summed E-state index contributed by atoms with van der Waals surface area (Å²) in [6.07, 6.45) is 2.81. The third kappa shape index (κ3) is 2.29. The molecule has 0 aliphatic heterocycles. The number of nitrogens with zero attached hydrogens (tertiary/aromatic N) is 2. The maximum absolute atomic E-state index is 13.7. The van der Waals surface area contributed by atoms with Crippen molar-refractivity contribution >= 4 is 21.6 Å². The summed E-state index contributed by atoms with van der Waals surface area (Å²) in [5.74, 6) is -1.61. The van der Waals surface area contributed by atoms with Crippen LogP contribution in [0, 0.1) is 23.6 Å². The molecule has 1 atom stereocenters. The van der Waals surface area contributed by atoms with E-state index in [9.17, 15) is 8.78 Å². The average molecular weight is 387 g/mol. The predicted molar refractivity (Wildman–Crippen MR) is 91.8 cm³/mol. The van der Waals surface area contributed by atoms with E-state index in [1.807, 2.05) is 18.2 Å². The number of hydrogen-bond acceptors (Lipinski definition) is 1. The fourth-order valence-electron chi connectivity index (χ4n) is 4.07. The maximum Gasteiger partial charge on any atom is 0.159 e. The molecule has 0 saturated carbocycles. The number of aryl methyl sites for hydroxylation is 1. The van der Waals surface area contributed by atoms with Crippen LogP contribution in [0.25, 0.3) is 4.95 Å². The van der Waals surface area contributed by atoms with Gasteiger partial charge in [-0.1, -0.05) is 22.0 Å². The van der Waals surface area contributed by atoms with Gasteiger partial charge in [0.15, 0.2) is 11.6 Å². The van der Waals surface area contributed by atoms with E-state index in [1.165, 1.54) is 12.1 Å². The van der Waals surface area contributed by atoms with Gasteiger partial charge in [-0.25, -0.2) is 8.78 Å². The van der Waals surface area contributed by atoms with E-state index >= 15 is 0 Å². The zero-order valence-corrected chi connectivity index (χ0v) is 14.3. The molecule has 1 spiro atoms. The minimum absolute atomic E-state index is 0.301. The van der Waals surface area contributed by atoms with E-state index in [0.717, 1.165) is 45.3 Å². The molecular formula is C19H13BrF2N2. The Bertz CT molecular complexity index is 930. The first-order valence-corrected chi connectivity index (χ1v) is 8.52. The van der Waals surface area contributed by atoms with Crippen LogP contribution in [0.1, 0.15) is 28.7 Å². The van der Waals surface area contributed by atoms with Crippen LogP contribution in [-0.2, 0) is 19.3 Å². The van der Waals surface area contributed by atoms with Crippen molar-refractivity contribution in [3.63, 3.8) is 0 Å². The lowest BCUT2D eigenvalue weighted by Gasteiger charge is -2.34. The summed E-state index contributed by atoms with van der Waals surface area (Å²) in [6, 6.07) is 8.64. The minimum atomic E-state index is -0.812. The highest BCUT2D eigenvalue weighted by atomic mass is 79.9. The van der Waals surface area contributed by atoms with Gasteiger partial charge in [0.1, 0.15) is 5.71 Å². The molecule has 0 aromatic heterocycles. The van der Waals surface area contributed by atoms with Gasteiger partial charge in [0.05, 0.1) is 5.10 Å². The highest BCUT2D eigenvalue weighted by Gasteiger charge is 2.47. The second-order valence-electron chi connectivity index (χ2n) is 6.52. The Morgan fingerprint density at radius 2 is 1.75 bits per heavy atom. The monoisotopic (exact) mass is 386 g/mol. The molecule has 0 bridgehead atoms. The van der Waals surface area contributed by atoms with Crippen molar-refractivity contribution in [2.24, 2.45) is 10.5 Å². The van der Waals surface area contributed by atoms with E-state index < -0.39 is 11.6 Å². The van der Waals surface area contributed by atoms with Crippen LogP contribution in [0.4, 0.5) is 8.78 Å². The van der Waals surface area contributed by atoms with E-state index in [0.29, 0.717) is 12.8 Å². The first-order chi connectivity index (χ1) is 11.5. The molecule has 2 aromatic carbocycles. The van der Waals surface area contributed by atoms with Crippen LogP contribution in [0.2, 0.25) is 0 Å². The molecule has 0 radical (unpaired) electrons. The maximum atomic E-state index is 13.7. The molecule has 2 aliphatic rings. The molecule has 0 saturated heterocycles. The molecule has 2 nitrogen and oxygen atoms in total. The Labute approximate surface area is 147 Å². The second kappa shape index (κ2) is 5.49. The molecule has 2 aliphatic carbocycles. The van der Waals surface area contributed by atoms with Crippen LogP contribution in [-0.4, -0.2) is 5.71 Å². The third-order valence-electron chi connectivity index (χ3n) is 5.15. The van der Waals surface area contributed by atoms with Gasteiger partial charge in [-0.3, -0.25) is 0 Å². The summed E-state index contributed by atoms with van der Waals surface area (Å²) in [5, 5.41) is 4.12. The predicted octanol–water partition coefficient (Wildman–Crippen LogP) is 5.08. The SMILES string of the molecule is [C-]#[N+]/N=C1/c2cc(Br)ccc2CC12CCc1cc(F)c(F)cc1C2. The van der Waals surface area contributed by atoms with Crippen molar-refractivity contribution in [3.05, 3.63) is 80.2 Å². The Morgan fingerprint density at radius 3 is 2.50 bits per heavy atom. The highest BCUT2D eigenvalue weighted by Crippen LogP contribution is 2.47. The van der Waals surface area contributed by atoms with Gasteiger partial charge in [-0.05, 0) is 66.6 Å². The summed E-state index contributed by atoms with van der Waals surface area (Å²) in [4.78, 5) is 3.27. The van der Waals surface area contributed by atoms with Crippen LogP contribution in [0.3, 0.4) is 0 Å². The fourth-order valence-corrected chi connectivity index (χ4v) is 4.43. The first-order valence-electron chi connectivity index (χ1n) is 7.73. The van der Waals surface area contributed by atoms with Crippen molar-refractivity contribution in [1.29, 1.82) is 0 Å². The second-order valence-corrected chi connectivity index (χ2v) is 7.43. The summed E-state index contributed by atoms with van der Waals surface area (Å²) >= 11 is 3.48. The van der Waals surface area contributed by atoms with Crippen molar-refractivity contribution in [2.45, 2.75) is 25.7 Å². The summed E-state index contributed by atoms with van der Waals surface area (Å²) < 4.78 is 28.1. The Morgan fingerprint density at radius 1 is 1.04 bits per heavy atom. The van der Waals surface area contributed by atoms with Crippen molar-refractivity contribution in [2.75, 3.05) is 0 Å². The molecule has 0 fully saturated rings. The quantitative estimate of drug-likeness (QED) is 0.443. The zero-order chi connectivity index (χ0) is 16.9. The smallest absolute Gasteiger partial charge is 0.159 e. The van der Waals surface area contributed by atoms with Crippen LogP contribution in [0.5, 0.6) is 0 Å². The van der Waals surface area contributed by atoms with Crippen molar-refractivity contribution in [3.8, 4) is 0 Å². The van der Waals surface area contributed by atoms with Gasteiger partial charge in [0, 0.05) is 15.5 Å². The van der Waals surface area contributed by atoms with E-state index in [1.54, 1.807) is 0 Å². The third-order valence-corrected chi connectivity index (χ3v) is 5.65. The summed E-state index contributed by atoms with van der Waals surface area (Å²) in [6.45, 7) is 7.19. The molecule has 0 amide bonds. The Hall–Kier alpha value is -2.06. The first kappa shape index (κ1) is 15.5. The number of halogens is 3. The normalized spacial score (nSPS) is 23.2. The summed E-state index contributed by atoms with van der Waals surface area (Å²) in [7, 11) is 0. The van der Waals surface area contributed by atoms with Gasteiger partial charge in [0.25, 0.3) is 0 Å². The Balaban J connectivity index is 1.83. The number of hydrogen-bond donors (Lipinski definition) is 0. The molecule has 24 heavy (non-hydrogen) atoms. The average Bonchev–Trinajstić information content (AvgIpc) is 2.83. The topological polar surface area (TPSA) is 16.7 Å². The van der Waals surface area contributed by atoms with Crippen LogP contribution < -0.4 is 0 Å². The van der Waals surface area contributed by atoms with Crippen LogP contribution >= 0.6 is 15.9 Å². The van der Waals surface area contributed by atoms with Gasteiger partial charge >= 0.3 is 0 Å². The minimum Gasteiger partial charge on any atom is -0.204 e. The van der Waals surface area contributed by atoms with E-state index in [2.05, 4.69) is 26.0 Å². The largest absolute Gasteiger partial charge is 0.204 e. The molecule has 120 valence electrons. The number of benzene rings is 2. The lowest BCUT2D eigenvalue weighted by Crippen LogP contribution is -2.35. The molecule has 2 aromatic rings. The van der Waals surface area contributed by atoms with Gasteiger partial charge < -0.3 is 0 Å². The van der Waals surface area contributed by atoms with Crippen molar-refractivity contribution in [1.82, 2.24) is 0 Å². The van der Waals surface area contributed by atoms with Crippen molar-refractivity contribution < 1.29 is 8.78 Å². The van der Waals surface area contributed by atoms with Crippen LogP contribution in [0.15, 0.2) is 39.9 Å². The lowest BCUT2D eigenvalue weighted by molar-refractivity contribution is 0.368. The number of fused-ring (bicyclic) bond motifs is 2. The number of rotatable bonds is 0. The molecule has 4 rings (SSSR count). The van der Waals surface area contributed by atoms with Gasteiger partial charge in [-0.15, -0.1) is 4.95 Å². The van der Waals surface area contributed by atoms with E-state index in [-0.39, 0.29) is 5.41 Å². The van der Waals surface area contributed by atoms with Gasteiger partial charge in [0.2, 0.25) is 0 Å². The zero-order valence-electron chi connectivity index (χ0n) is 12.7.